The Bertz CT molecular complexity index is 445. The average Bonchev–Trinajstić information content (AvgIpc) is 2.70. The fourth-order valence-electron chi connectivity index (χ4n) is 1.67. The number of phenols is 2. The summed E-state index contributed by atoms with van der Waals surface area (Å²) in [5, 5.41) is 19.2. The summed E-state index contributed by atoms with van der Waals surface area (Å²) in [4.78, 5) is 0. The van der Waals surface area contributed by atoms with Crippen molar-refractivity contribution in [1.29, 1.82) is 0 Å². The normalized spacial score (nSPS) is 12.6. The number of furan rings is 1. The molecule has 1 aromatic carbocycles. The molecule has 1 atom stereocenters. The van der Waals surface area contributed by atoms with Crippen LogP contribution in [0.5, 0.6) is 11.5 Å². The molecule has 1 unspecified atom stereocenters. The van der Waals surface area contributed by atoms with Crippen molar-refractivity contribution in [3.63, 3.8) is 0 Å². The highest BCUT2D eigenvalue weighted by atomic mass is 16.3. The zero-order chi connectivity index (χ0) is 11.5. The second-order valence-electron chi connectivity index (χ2n) is 3.60. The number of hydrogen-bond acceptors (Lipinski definition) is 4. The van der Waals surface area contributed by atoms with Crippen molar-refractivity contribution >= 4 is 0 Å². The second-order valence-corrected chi connectivity index (χ2v) is 3.60. The van der Waals surface area contributed by atoms with Gasteiger partial charge in [0.25, 0.3) is 0 Å². The van der Waals surface area contributed by atoms with Gasteiger partial charge in [0.1, 0.15) is 17.3 Å². The Hall–Kier alpha value is -1.94. The van der Waals surface area contributed by atoms with E-state index < -0.39 is 6.04 Å². The average molecular weight is 219 g/mol. The lowest BCUT2D eigenvalue weighted by atomic mass is 10.0. The van der Waals surface area contributed by atoms with Crippen molar-refractivity contribution in [1.82, 2.24) is 0 Å². The first kappa shape index (κ1) is 10.6. The molecule has 0 spiro atoms. The van der Waals surface area contributed by atoms with Crippen molar-refractivity contribution in [2.75, 3.05) is 0 Å². The van der Waals surface area contributed by atoms with Crippen molar-refractivity contribution in [3.8, 4) is 11.5 Å². The Morgan fingerprint density at radius 3 is 2.38 bits per heavy atom. The first-order valence-corrected chi connectivity index (χ1v) is 4.97. The highest BCUT2D eigenvalue weighted by molar-refractivity contribution is 5.45. The van der Waals surface area contributed by atoms with Gasteiger partial charge >= 0.3 is 0 Å². The third kappa shape index (κ3) is 2.01. The number of rotatable bonds is 3. The Morgan fingerprint density at radius 2 is 1.81 bits per heavy atom. The number of hydrogen-bond donors (Lipinski definition) is 3. The van der Waals surface area contributed by atoms with Crippen LogP contribution in [0.25, 0.3) is 0 Å². The largest absolute Gasteiger partial charge is 0.507 e. The van der Waals surface area contributed by atoms with E-state index in [1.165, 1.54) is 12.1 Å². The van der Waals surface area contributed by atoms with Gasteiger partial charge in [0, 0.05) is 12.5 Å². The number of nitrogens with two attached hydrogens (primary N) is 1. The second kappa shape index (κ2) is 4.28. The van der Waals surface area contributed by atoms with Gasteiger partial charge in [-0.3, -0.25) is 0 Å². The lowest BCUT2D eigenvalue weighted by Crippen LogP contribution is -2.13. The molecule has 0 aliphatic carbocycles. The minimum Gasteiger partial charge on any atom is -0.507 e. The molecule has 1 aromatic heterocycles. The van der Waals surface area contributed by atoms with Crippen LogP contribution in [0.4, 0.5) is 0 Å². The van der Waals surface area contributed by atoms with E-state index in [2.05, 4.69) is 0 Å². The van der Waals surface area contributed by atoms with E-state index in [0.717, 1.165) is 5.76 Å². The van der Waals surface area contributed by atoms with Crippen molar-refractivity contribution < 1.29 is 14.6 Å². The van der Waals surface area contributed by atoms with Crippen LogP contribution in [0.1, 0.15) is 17.4 Å². The van der Waals surface area contributed by atoms with Crippen LogP contribution in [0.15, 0.2) is 41.0 Å². The molecular formula is C12H13NO3. The predicted molar refractivity (Wildman–Crippen MR) is 59.1 cm³/mol. The lowest BCUT2D eigenvalue weighted by molar-refractivity contribution is 0.420. The summed E-state index contributed by atoms with van der Waals surface area (Å²) in [6.45, 7) is 0. The molecule has 4 N–H and O–H groups in total. The van der Waals surface area contributed by atoms with Gasteiger partial charge in [-0.1, -0.05) is 6.07 Å². The minimum atomic E-state index is -0.493. The Labute approximate surface area is 92.9 Å². The van der Waals surface area contributed by atoms with Gasteiger partial charge in [-0.2, -0.15) is 0 Å². The molecular weight excluding hydrogens is 206 g/mol. The van der Waals surface area contributed by atoms with Crippen molar-refractivity contribution in [3.05, 3.63) is 47.9 Å². The van der Waals surface area contributed by atoms with Gasteiger partial charge < -0.3 is 20.4 Å². The van der Waals surface area contributed by atoms with Crippen LogP contribution in [0, 0.1) is 0 Å². The fourth-order valence-corrected chi connectivity index (χ4v) is 1.67. The van der Waals surface area contributed by atoms with Crippen LogP contribution < -0.4 is 5.73 Å². The van der Waals surface area contributed by atoms with Gasteiger partial charge in [-0.15, -0.1) is 0 Å². The summed E-state index contributed by atoms with van der Waals surface area (Å²) in [5.74, 6) is 0.716. The van der Waals surface area contributed by atoms with Gasteiger partial charge in [0.15, 0.2) is 0 Å². The fraction of sp³-hybridized carbons (Fsp3) is 0.167. The molecule has 84 valence electrons. The molecule has 0 saturated heterocycles. The van der Waals surface area contributed by atoms with Gasteiger partial charge in [0.05, 0.1) is 11.8 Å². The highest BCUT2D eigenvalue weighted by Gasteiger charge is 2.16. The molecule has 0 saturated carbocycles. The molecule has 1 heterocycles. The topological polar surface area (TPSA) is 79.6 Å². The molecule has 4 nitrogen and oxygen atoms in total. The first-order chi connectivity index (χ1) is 7.68. The summed E-state index contributed by atoms with van der Waals surface area (Å²) >= 11 is 0. The molecule has 16 heavy (non-hydrogen) atoms. The zero-order valence-electron chi connectivity index (χ0n) is 8.63. The lowest BCUT2D eigenvalue weighted by Gasteiger charge is -2.13. The maximum absolute atomic E-state index is 9.62. The maximum atomic E-state index is 9.62. The van der Waals surface area contributed by atoms with Crippen molar-refractivity contribution in [2.24, 2.45) is 5.73 Å². The summed E-state index contributed by atoms with van der Waals surface area (Å²) in [5.41, 5.74) is 6.25. The number of aromatic hydroxyl groups is 2. The molecule has 0 aliphatic heterocycles. The Balaban J connectivity index is 2.24. The SMILES string of the molecule is NC(Cc1ccco1)c1c(O)cccc1O. The third-order valence-corrected chi connectivity index (χ3v) is 2.43. The summed E-state index contributed by atoms with van der Waals surface area (Å²) in [7, 11) is 0. The van der Waals surface area contributed by atoms with Crippen LogP contribution in [0.3, 0.4) is 0 Å². The van der Waals surface area contributed by atoms with E-state index in [9.17, 15) is 10.2 Å². The standard InChI is InChI=1S/C12H13NO3/c13-9(7-8-3-2-6-16-8)12-10(14)4-1-5-11(12)15/h1-6,9,14-15H,7,13H2. The highest BCUT2D eigenvalue weighted by Crippen LogP contribution is 2.32. The maximum Gasteiger partial charge on any atom is 0.124 e. The monoisotopic (exact) mass is 219 g/mol. The Morgan fingerprint density at radius 1 is 1.12 bits per heavy atom. The van der Waals surface area contributed by atoms with Gasteiger partial charge in [-0.25, -0.2) is 0 Å². The molecule has 4 heteroatoms. The quantitative estimate of drug-likeness (QED) is 0.737. The van der Waals surface area contributed by atoms with Crippen molar-refractivity contribution in [2.45, 2.75) is 12.5 Å². The predicted octanol–water partition coefficient (Wildman–Crippen LogP) is 1.93. The van der Waals surface area contributed by atoms with Crippen LogP contribution in [0.2, 0.25) is 0 Å². The summed E-state index contributed by atoms with van der Waals surface area (Å²) in [6.07, 6.45) is 1.99. The van der Waals surface area contributed by atoms with E-state index in [1.807, 2.05) is 0 Å². The van der Waals surface area contributed by atoms with Crippen LogP contribution in [-0.4, -0.2) is 10.2 Å². The van der Waals surface area contributed by atoms with E-state index in [1.54, 1.807) is 24.5 Å². The zero-order valence-corrected chi connectivity index (χ0v) is 8.63. The number of phenolic OH excluding ortho intramolecular Hbond substituents is 2. The van der Waals surface area contributed by atoms with Crippen LogP contribution in [-0.2, 0) is 6.42 Å². The molecule has 2 rings (SSSR count). The van der Waals surface area contributed by atoms with E-state index in [-0.39, 0.29) is 11.5 Å². The smallest absolute Gasteiger partial charge is 0.124 e. The van der Waals surface area contributed by atoms with Gasteiger partial charge in [0.2, 0.25) is 0 Å². The minimum absolute atomic E-state index is 0.000874. The molecule has 0 fully saturated rings. The molecule has 0 amide bonds. The summed E-state index contributed by atoms with van der Waals surface area (Å²) in [6, 6.07) is 7.64. The van der Waals surface area contributed by atoms with E-state index in [4.69, 9.17) is 10.2 Å². The van der Waals surface area contributed by atoms with Crippen LogP contribution >= 0.6 is 0 Å². The molecule has 0 aliphatic rings. The molecule has 0 bridgehead atoms. The Kier molecular flexibility index (Phi) is 2.83. The van der Waals surface area contributed by atoms with E-state index in [0.29, 0.717) is 12.0 Å². The van der Waals surface area contributed by atoms with E-state index >= 15 is 0 Å². The molecule has 0 radical (unpaired) electrons. The van der Waals surface area contributed by atoms with Gasteiger partial charge in [-0.05, 0) is 24.3 Å². The number of benzene rings is 1. The third-order valence-electron chi connectivity index (χ3n) is 2.43. The molecule has 2 aromatic rings. The summed E-state index contributed by atoms with van der Waals surface area (Å²) < 4.78 is 5.16. The first-order valence-electron chi connectivity index (χ1n) is 4.97.